The second kappa shape index (κ2) is 7.80. The first-order valence-electron chi connectivity index (χ1n) is 10.8. The smallest absolute Gasteiger partial charge is 0.320 e. The van der Waals surface area contributed by atoms with Gasteiger partial charge >= 0.3 is 6.03 Å². The fourth-order valence-electron chi connectivity index (χ4n) is 5.62. The molecule has 5 rings (SSSR count). The molecule has 30 heavy (non-hydrogen) atoms. The maximum atomic E-state index is 13.2. The topological polar surface area (TPSA) is 81.2 Å². The average Bonchev–Trinajstić information content (AvgIpc) is 3.30. The average molecular weight is 453 g/mol. The lowest BCUT2D eigenvalue weighted by atomic mass is 9.76. The van der Waals surface area contributed by atoms with Gasteiger partial charge in [0, 0.05) is 58.3 Å². The van der Waals surface area contributed by atoms with Gasteiger partial charge in [0.05, 0.1) is 0 Å². The third kappa shape index (κ3) is 3.52. The van der Waals surface area contributed by atoms with Crippen LogP contribution in [-0.4, -0.2) is 91.2 Å². The van der Waals surface area contributed by atoms with Crippen LogP contribution in [0.1, 0.15) is 25.7 Å². The van der Waals surface area contributed by atoms with Crippen molar-refractivity contribution in [1.82, 2.24) is 19.0 Å². The number of hydrogen-bond acceptors (Lipinski definition) is 5. The lowest BCUT2D eigenvalue weighted by molar-refractivity contribution is -0.144. The predicted octanol–water partition coefficient (Wildman–Crippen LogP) is 1.51. The van der Waals surface area contributed by atoms with E-state index in [1.807, 2.05) is 4.90 Å². The van der Waals surface area contributed by atoms with Crippen molar-refractivity contribution in [2.24, 2.45) is 11.8 Å². The highest BCUT2D eigenvalue weighted by Crippen LogP contribution is 2.38. The van der Waals surface area contributed by atoms with E-state index in [0.29, 0.717) is 61.7 Å². The van der Waals surface area contributed by atoms with Crippen molar-refractivity contribution < 1.29 is 18.0 Å². The number of urea groups is 1. The summed E-state index contributed by atoms with van der Waals surface area (Å²) in [6, 6.07) is 3.67. The number of likely N-dealkylation sites (tertiary alicyclic amines) is 1. The number of nitrogens with zero attached hydrogens (tertiary/aromatic N) is 4. The third-order valence-corrected chi connectivity index (χ3v) is 10.3. The molecule has 1 aromatic heterocycles. The van der Waals surface area contributed by atoms with Crippen molar-refractivity contribution in [2.45, 2.75) is 35.9 Å². The first-order chi connectivity index (χ1) is 14.4. The van der Waals surface area contributed by atoms with E-state index >= 15 is 0 Å². The minimum atomic E-state index is -3.46. The van der Waals surface area contributed by atoms with Crippen LogP contribution < -0.4 is 0 Å². The number of amides is 3. The van der Waals surface area contributed by atoms with Crippen LogP contribution in [0.5, 0.6) is 0 Å². The van der Waals surface area contributed by atoms with Gasteiger partial charge < -0.3 is 14.7 Å². The number of rotatable bonds is 2. The van der Waals surface area contributed by atoms with E-state index in [1.54, 1.807) is 22.4 Å². The Balaban J connectivity index is 1.21. The SMILES string of the molecule is O=C(N1CCN(S(=O)(=O)c2cccs2)CC1)N1C[C@H]2C[C@H](C1)[C@H]1CCCC(=O)N1C2. The molecule has 4 saturated heterocycles. The van der Waals surface area contributed by atoms with E-state index in [1.165, 1.54) is 15.6 Å². The number of sulfonamides is 1. The first-order valence-corrected chi connectivity index (χ1v) is 13.1. The molecule has 164 valence electrons. The first kappa shape index (κ1) is 20.3. The molecule has 0 unspecified atom stereocenters. The van der Waals surface area contributed by atoms with Gasteiger partial charge in [-0.05, 0) is 42.5 Å². The Bertz CT molecular complexity index is 911. The summed E-state index contributed by atoms with van der Waals surface area (Å²) in [4.78, 5) is 31.3. The van der Waals surface area contributed by atoms with Crippen LogP contribution >= 0.6 is 11.3 Å². The molecule has 8 nitrogen and oxygen atoms in total. The summed E-state index contributed by atoms with van der Waals surface area (Å²) in [6.45, 7) is 3.68. The van der Waals surface area contributed by atoms with Crippen LogP contribution in [0.2, 0.25) is 0 Å². The van der Waals surface area contributed by atoms with Crippen LogP contribution in [0.4, 0.5) is 4.79 Å². The maximum absolute atomic E-state index is 13.2. The highest BCUT2D eigenvalue weighted by atomic mass is 32.2. The molecule has 0 aliphatic carbocycles. The molecule has 4 fully saturated rings. The van der Waals surface area contributed by atoms with Gasteiger partial charge in [-0.2, -0.15) is 4.31 Å². The molecule has 1 aromatic rings. The van der Waals surface area contributed by atoms with E-state index in [-0.39, 0.29) is 18.0 Å². The summed E-state index contributed by atoms with van der Waals surface area (Å²) >= 11 is 1.23. The van der Waals surface area contributed by atoms with Crippen molar-refractivity contribution in [3.8, 4) is 0 Å². The Labute approximate surface area is 181 Å². The zero-order valence-electron chi connectivity index (χ0n) is 17.0. The fraction of sp³-hybridized carbons (Fsp3) is 0.700. The van der Waals surface area contributed by atoms with E-state index < -0.39 is 10.0 Å². The standard InChI is InChI=1S/C20H28N4O4S2/c25-18-4-1-3-17-16-11-15(13-24(17)18)12-22(14-16)20(26)21-6-8-23(9-7-21)30(27,28)19-5-2-10-29-19/h2,5,10,15-17H,1,3-4,6-9,11-14H2/t15-,16-,17-/m1/s1. The van der Waals surface area contributed by atoms with Crippen LogP contribution in [0.15, 0.2) is 21.7 Å². The monoisotopic (exact) mass is 452 g/mol. The zero-order valence-corrected chi connectivity index (χ0v) is 18.6. The molecule has 0 saturated carbocycles. The van der Waals surface area contributed by atoms with E-state index in [2.05, 4.69) is 4.90 Å². The predicted molar refractivity (Wildman–Crippen MR) is 113 cm³/mol. The molecule has 4 aliphatic rings. The molecular weight excluding hydrogens is 424 g/mol. The third-order valence-electron chi connectivity index (χ3n) is 7.05. The van der Waals surface area contributed by atoms with Crippen molar-refractivity contribution in [1.29, 1.82) is 0 Å². The Hall–Kier alpha value is -1.65. The Morgan fingerprint density at radius 1 is 1.07 bits per heavy atom. The quantitative estimate of drug-likeness (QED) is 0.681. The number of piperidine rings is 3. The number of carbonyl (C=O) groups excluding carboxylic acids is 2. The summed E-state index contributed by atoms with van der Waals surface area (Å²) in [7, 11) is -3.46. The molecule has 0 aromatic carbocycles. The zero-order chi connectivity index (χ0) is 20.9. The van der Waals surface area contributed by atoms with Gasteiger partial charge in [0.25, 0.3) is 10.0 Å². The normalized spacial score (nSPS) is 30.3. The van der Waals surface area contributed by atoms with Crippen LogP contribution in [-0.2, 0) is 14.8 Å². The van der Waals surface area contributed by atoms with Crippen molar-refractivity contribution in [3.05, 3.63) is 17.5 Å². The number of hydrogen-bond donors (Lipinski definition) is 0. The molecule has 5 heterocycles. The minimum Gasteiger partial charge on any atom is -0.339 e. The number of piperazine rings is 1. The number of carbonyl (C=O) groups is 2. The summed E-state index contributed by atoms with van der Waals surface area (Å²) in [6.07, 6.45) is 3.77. The van der Waals surface area contributed by atoms with Crippen molar-refractivity contribution >= 4 is 33.3 Å². The van der Waals surface area contributed by atoms with Gasteiger partial charge in [-0.1, -0.05) is 6.07 Å². The van der Waals surface area contributed by atoms with Gasteiger partial charge in [0.2, 0.25) is 5.91 Å². The van der Waals surface area contributed by atoms with Gasteiger partial charge in [0.15, 0.2) is 0 Å². The number of fused-ring (bicyclic) bond motifs is 4. The lowest BCUT2D eigenvalue weighted by Crippen LogP contribution is -2.63. The van der Waals surface area contributed by atoms with Gasteiger partial charge in [-0.15, -0.1) is 11.3 Å². The Morgan fingerprint density at radius 3 is 2.60 bits per heavy atom. The summed E-state index contributed by atoms with van der Waals surface area (Å²) in [5.41, 5.74) is 0. The van der Waals surface area contributed by atoms with E-state index in [0.717, 1.165) is 25.8 Å². The van der Waals surface area contributed by atoms with Crippen LogP contribution in [0, 0.1) is 11.8 Å². The van der Waals surface area contributed by atoms with Crippen LogP contribution in [0.25, 0.3) is 0 Å². The van der Waals surface area contributed by atoms with E-state index in [4.69, 9.17) is 0 Å². The second-order valence-corrected chi connectivity index (χ2v) is 12.0. The molecule has 3 atom stereocenters. The molecule has 0 spiro atoms. The Morgan fingerprint density at radius 2 is 1.87 bits per heavy atom. The molecular formula is C20H28N4O4S2. The second-order valence-electron chi connectivity index (χ2n) is 8.88. The highest BCUT2D eigenvalue weighted by Gasteiger charge is 2.45. The molecule has 0 N–H and O–H groups in total. The van der Waals surface area contributed by atoms with Gasteiger partial charge in [-0.3, -0.25) is 4.79 Å². The molecule has 0 radical (unpaired) electrons. The fourth-order valence-corrected chi connectivity index (χ4v) is 8.19. The van der Waals surface area contributed by atoms with Gasteiger partial charge in [0.1, 0.15) is 4.21 Å². The summed E-state index contributed by atoms with van der Waals surface area (Å²) in [5, 5.41) is 1.76. The Kier molecular flexibility index (Phi) is 5.27. The van der Waals surface area contributed by atoms with Crippen molar-refractivity contribution in [3.63, 3.8) is 0 Å². The summed E-state index contributed by atoms with van der Waals surface area (Å²) in [5.74, 6) is 1.00. The largest absolute Gasteiger partial charge is 0.339 e. The van der Waals surface area contributed by atoms with E-state index in [9.17, 15) is 18.0 Å². The molecule has 2 bridgehead atoms. The molecule has 3 amide bonds. The summed E-state index contributed by atoms with van der Waals surface area (Å²) < 4.78 is 27.3. The molecule has 10 heteroatoms. The maximum Gasteiger partial charge on any atom is 0.320 e. The van der Waals surface area contributed by atoms with Gasteiger partial charge in [-0.25, -0.2) is 13.2 Å². The molecule has 4 aliphatic heterocycles. The highest BCUT2D eigenvalue weighted by molar-refractivity contribution is 7.91. The minimum absolute atomic E-state index is 0.0217. The van der Waals surface area contributed by atoms with Crippen molar-refractivity contribution in [2.75, 3.05) is 45.8 Å². The van der Waals surface area contributed by atoms with Crippen LogP contribution in [0.3, 0.4) is 0 Å². The number of thiophene rings is 1. The lowest BCUT2D eigenvalue weighted by Gasteiger charge is -2.53.